The van der Waals surface area contributed by atoms with Crippen molar-refractivity contribution in [3.63, 3.8) is 0 Å². The molecule has 0 unspecified atom stereocenters. The number of nitrogens with one attached hydrogen (secondary N) is 1. The molecule has 0 aromatic heterocycles. The maximum Gasteiger partial charge on any atom is 0.194 e. The molecule has 0 radical (unpaired) electrons. The van der Waals surface area contributed by atoms with Gasteiger partial charge in [-0.3, -0.25) is 9.89 Å². The van der Waals surface area contributed by atoms with Crippen molar-refractivity contribution in [1.29, 1.82) is 0 Å². The van der Waals surface area contributed by atoms with E-state index in [1.165, 1.54) is 16.8 Å². The lowest BCUT2D eigenvalue weighted by atomic mass is 10.1. The lowest BCUT2D eigenvalue weighted by Gasteiger charge is -2.36. The van der Waals surface area contributed by atoms with Crippen LogP contribution < -0.4 is 10.2 Å². The van der Waals surface area contributed by atoms with Gasteiger partial charge in [-0.2, -0.15) is 0 Å². The maximum atomic E-state index is 5.52. The molecule has 0 atom stereocenters. The number of aliphatic imine (C=N–C) groups is 1. The third-order valence-corrected chi connectivity index (χ3v) is 6.14. The molecular weight excluding hydrogens is 525 g/mol. The second kappa shape index (κ2) is 13.6. The molecule has 2 aliphatic rings. The van der Waals surface area contributed by atoms with E-state index in [9.17, 15) is 0 Å². The quantitative estimate of drug-likeness (QED) is 0.332. The molecule has 1 N–H and O–H groups in total. The molecule has 0 saturated carbocycles. The van der Waals surface area contributed by atoms with E-state index in [2.05, 4.69) is 91.8 Å². The van der Waals surface area contributed by atoms with Crippen LogP contribution in [0.2, 0.25) is 0 Å². The zero-order chi connectivity index (χ0) is 22.0. The van der Waals surface area contributed by atoms with Crippen LogP contribution in [0.3, 0.4) is 0 Å². The van der Waals surface area contributed by atoms with E-state index in [0.717, 1.165) is 71.5 Å². The summed E-state index contributed by atoms with van der Waals surface area (Å²) in [6.07, 6.45) is 4.47. The van der Waals surface area contributed by atoms with Crippen molar-refractivity contribution >= 4 is 41.7 Å². The summed E-state index contributed by atoms with van der Waals surface area (Å²) in [7, 11) is 1.88. The molecule has 2 aromatic carbocycles. The summed E-state index contributed by atoms with van der Waals surface area (Å²) in [5, 5.41) is 3.60. The molecule has 0 spiro atoms. The number of para-hydroxylation sites is 1. The maximum absolute atomic E-state index is 5.52. The lowest BCUT2D eigenvalue weighted by Crippen LogP contribution is -2.52. The first-order valence-electron chi connectivity index (χ1n) is 11.6. The van der Waals surface area contributed by atoms with Crippen LogP contribution in [0.15, 0.2) is 65.7 Å². The zero-order valence-electron chi connectivity index (χ0n) is 19.5. The number of guanidine groups is 1. The molecule has 4 rings (SSSR count). The van der Waals surface area contributed by atoms with Gasteiger partial charge in [-0.25, -0.2) is 0 Å². The van der Waals surface area contributed by atoms with Gasteiger partial charge in [0.2, 0.25) is 0 Å². The summed E-state index contributed by atoms with van der Waals surface area (Å²) in [5.74, 6) is 0.987. The fourth-order valence-corrected chi connectivity index (χ4v) is 4.32. The van der Waals surface area contributed by atoms with Crippen molar-refractivity contribution in [1.82, 2.24) is 15.1 Å². The highest BCUT2D eigenvalue weighted by Crippen LogP contribution is 2.21. The number of morpholine rings is 1. The van der Waals surface area contributed by atoms with E-state index < -0.39 is 0 Å². The average molecular weight is 562 g/mol. The Kier molecular flexibility index (Phi) is 10.5. The van der Waals surface area contributed by atoms with E-state index in [-0.39, 0.29) is 24.0 Å². The number of anilines is 1. The van der Waals surface area contributed by atoms with E-state index in [1.807, 2.05) is 7.05 Å². The van der Waals surface area contributed by atoms with Gasteiger partial charge >= 0.3 is 0 Å². The number of ether oxygens (including phenoxy) is 1. The van der Waals surface area contributed by atoms with Crippen LogP contribution in [0.25, 0.3) is 6.08 Å². The van der Waals surface area contributed by atoms with Crippen LogP contribution in [-0.2, 0) is 11.3 Å². The summed E-state index contributed by atoms with van der Waals surface area (Å²) in [5.41, 5.74) is 3.86. The third kappa shape index (κ3) is 7.45. The first-order chi connectivity index (χ1) is 15.8. The van der Waals surface area contributed by atoms with Crippen molar-refractivity contribution < 1.29 is 4.74 Å². The molecule has 0 bridgehead atoms. The number of benzene rings is 2. The Morgan fingerprint density at radius 1 is 0.939 bits per heavy atom. The van der Waals surface area contributed by atoms with Crippen molar-refractivity contribution in [2.45, 2.75) is 6.54 Å². The molecular formula is C26H36IN5O. The summed E-state index contributed by atoms with van der Waals surface area (Å²) in [6, 6.07) is 19.2. The first-order valence-corrected chi connectivity index (χ1v) is 11.6. The Hall–Kier alpha value is -2.10. The molecule has 2 aromatic rings. The zero-order valence-corrected chi connectivity index (χ0v) is 21.9. The second-order valence-corrected chi connectivity index (χ2v) is 8.23. The van der Waals surface area contributed by atoms with Crippen LogP contribution in [0.5, 0.6) is 0 Å². The molecule has 2 fully saturated rings. The highest BCUT2D eigenvalue weighted by atomic mass is 127. The van der Waals surface area contributed by atoms with Crippen molar-refractivity contribution in [3.8, 4) is 0 Å². The minimum absolute atomic E-state index is 0. The average Bonchev–Trinajstić information content (AvgIpc) is 2.87. The van der Waals surface area contributed by atoms with E-state index in [4.69, 9.17) is 4.74 Å². The van der Waals surface area contributed by atoms with Gasteiger partial charge in [0.15, 0.2) is 5.96 Å². The SMILES string of the molecule is CN=C(NCc1ccccc1N1CCOCC1)N1CCN(C/C=C/c2ccccc2)CC1.I. The number of hydrogen-bond acceptors (Lipinski definition) is 4. The molecule has 2 heterocycles. The standard InChI is InChI=1S/C26H35N5O.HI/c1-27-26(28-22-24-11-5-6-12-25(24)30-18-20-32-21-19-30)31-16-14-29(15-17-31)13-7-10-23-8-3-2-4-9-23;/h2-12H,13-22H2,1H3,(H,27,28);1H/b10-7+;. The summed E-state index contributed by atoms with van der Waals surface area (Å²) in [6.45, 7) is 9.34. The highest BCUT2D eigenvalue weighted by molar-refractivity contribution is 14.0. The van der Waals surface area contributed by atoms with Gasteiger partial charge < -0.3 is 19.9 Å². The Morgan fingerprint density at radius 2 is 1.64 bits per heavy atom. The van der Waals surface area contributed by atoms with Crippen molar-refractivity contribution in [3.05, 3.63) is 71.8 Å². The van der Waals surface area contributed by atoms with Gasteiger partial charge in [-0.15, -0.1) is 24.0 Å². The Balaban J connectivity index is 0.00000306. The molecule has 0 aliphatic carbocycles. The van der Waals surface area contributed by atoms with Crippen LogP contribution in [0.1, 0.15) is 11.1 Å². The first kappa shape index (κ1) is 25.5. The monoisotopic (exact) mass is 561 g/mol. The Labute approximate surface area is 215 Å². The largest absolute Gasteiger partial charge is 0.378 e. The summed E-state index contributed by atoms with van der Waals surface area (Å²) >= 11 is 0. The molecule has 2 aliphatic heterocycles. The lowest BCUT2D eigenvalue weighted by molar-refractivity contribution is 0.122. The number of rotatable bonds is 6. The Bertz CT molecular complexity index is 891. The Morgan fingerprint density at radius 3 is 2.36 bits per heavy atom. The summed E-state index contributed by atoms with van der Waals surface area (Å²) in [4.78, 5) is 11.8. The third-order valence-electron chi connectivity index (χ3n) is 6.14. The van der Waals surface area contributed by atoms with Gasteiger partial charge in [0, 0.05) is 65.1 Å². The van der Waals surface area contributed by atoms with E-state index >= 15 is 0 Å². The van der Waals surface area contributed by atoms with Crippen LogP contribution >= 0.6 is 24.0 Å². The second-order valence-electron chi connectivity index (χ2n) is 8.23. The number of nitrogens with zero attached hydrogens (tertiary/aromatic N) is 4. The fourth-order valence-electron chi connectivity index (χ4n) is 4.32. The molecule has 33 heavy (non-hydrogen) atoms. The smallest absolute Gasteiger partial charge is 0.194 e. The highest BCUT2D eigenvalue weighted by Gasteiger charge is 2.19. The molecule has 0 amide bonds. The van der Waals surface area contributed by atoms with E-state index in [1.54, 1.807) is 0 Å². The number of piperazine rings is 1. The van der Waals surface area contributed by atoms with Crippen molar-refractivity contribution in [2.24, 2.45) is 4.99 Å². The van der Waals surface area contributed by atoms with E-state index in [0.29, 0.717) is 0 Å². The van der Waals surface area contributed by atoms with Gasteiger partial charge in [-0.05, 0) is 17.2 Å². The minimum atomic E-state index is 0. The number of hydrogen-bond donors (Lipinski definition) is 1. The molecule has 7 heteroatoms. The van der Waals surface area contributed by atoms with Gasteiger partial charge in [-0.1, -0.05) is 60.7 Å². The predicted octanol–water partition coefficient (Wildman–Crippen LogP) is 3.55. The number of halogens is 1. The normalized spacial score (nSPS) is 17.8. The minimum Gasteiger partial charge on any atom is -0.378 e. The fraction of sp³-hybridized carbons (Fsp3) is 0.423. The van der Waals surface area contributed by atoms with Gasteiger partial charge in [0.25, 0.3) is 0 Å². The topological polar surface area (TPSA) is 43.3 Å². The van der Waals surface area contributed by atoms with Gasteiger partial charge in [0.1, 0.15) is 0 Å². The van der Waals surface area contributed by atoms with Crippen LogP contribution in [0.4, 0.5) is 5.69 Å². The molecule has 178 valence electrons. The summed E-state index contributed by atoms with van der Waals surface area (Å²) < 4.78 is 5.52. The molecule has 6 nitrogen and oxygen atoms in total. The van der Waals surface area contributed by atoms with Crippen LogP contribution in [0, 0.1) is 0 Å². The predicted molar refractivity (Wildman–Crippen MR) is 149 cm³/mol. The molecule has 2 saturated heterocycles. The van der Waals surface area contributed by atoms with Crippen molar-refractivity contribution in [2.75, 3.05) is 71.0 Å². The van der Waals surface area contributed by atoms with Gasteiger partial charge in [0.05, 0.1) is 13.2 Å². The van der Waals surface area contributed by atoms with Crippen LogP contribution in [-0.4, -0.2) is 81.8 Å².